The minimum Gasteiger partial charge on any atom is -0.399 e. The predicted molar refractivity (Wildman–Crippen MR) is 129 cm³/mol. The number of carbonyl (C=O) groups is 2. The van der Waals surface area contributed by atoms with Gasteiger partial charge < -0.3 is 16.0 Å². The number of anilines is 2. The highest BCUT2D eigenvalue weighted by atomic mass is 19.4. The first kappa shape index (κ1) is 24.8. The maximum atomic E-state index is 13.2. The molecule has 1 aromatic heterocycles. The lowest BCUT2D eigenvalue weighted by atomic mass is 10.0. The molecule has 0 spiro atoms. The fourth-order valence-corrected chi connectivity index (χ4v) is 3.97. The molecule has 3 amide bonds. The molecule has 11 heteroatoms. The molecule has 1 aliphatic heterocycles. The molecule has 0 unspecified atom stereocenters. The van der Waals surface area contributed by atoms with Crippen molar-refractivity contribution in [3.63, 3.8) is 0 Å². The van der Waals surface area contributed by atoms with Gasteiger partial charge >= 0.3 is 12.2 Å². The highest BCUT2D eigenvalue weighted by Gasteiger charge is 2.31. The predicted octanol–water partition coefficient (Wildman–Crippen LogP) is 3.80. The molecule has 3 N–H and O–H groups in total. The number of hydrogen-bond acceptors (Lipinski definition) is 4. The Labute approximate surface area is 204 Å². The van der Waals surface area contributed by atoms with Crippen LogP contribution in [0.1, 0.15) is 34.5 Å². The minimum atomic E-state index is -4.58. The first-order valence-electron chi connectivity index (χ1n) is 11.1. The summed E-state index contributed by atoms with van der Waals surface area (Å²) in [5, 5.41) is 2.65. The maximum absolute atomic E-state index is 13.2. The Balaban J connectivity index is 1.59. The van der Waals surface area contributed by atoms with Gasteiger partial charge in [-0.1, -0.05) is 6.07 Å². The molecule has 3 aromatic rings. The summed E-state index contributed by atoms with van der Waals surface area (Å²) in [5.41, 5.74) is 5.64. The molecule has 1 aliphatic rings. The quantitative estimate of drug-likeness (QED) is 0.522. The Kier molecular flexibility index (Phi) is 6.49. The van der Waals surface area contributed by atoms with Crippen molar-refractivity contribution in [1.82, 2.24) is 14.8 Å². The van der Waals surface area contributed by atoms with Gasteiger partial charge in [0.15, 0.2) is 0 Å². The molecule has 2 heterocycles. The van der Waals surface area contributed by atoms with Crippen molar-refractivity contribution in [2.24, 2.45) is 0 Å². The zero-order valence-electron chi connectivity index (χ0n) is 19.5. The van der Waals surface area contributed by atoms with Crippen LogP contribution in [0.5, 0.6) is 0 Å². The Hall–Kier alpha value is -4.28. The van der Waals surface area contributed by atoms with Gasteiger partial charge in [0.25, 0.3) is 11.5 Å². The van der Waals surface area contributed by atoms with E-state index < -0.39 is 29.2 Å². The third kappa shape index (κ3) is 5.04. The minimum absolute atomic E-state index is 0.0722. The fraction of sp³-hybridized carbons (Fsp3) is 0.240. The first-order chi connectivity index (χ1) is 16.9. The highest BCUT2D eigenvalue weighted by molar-refractivity contribution is 5.95. The summed E-state index contributed by atoms with van der Waals surface area (Å²) in [5.74, 6) is -0.584. The Morgan fingerprint density at radius 3 is 2.42 bits per heavy atom. The summed E-state index contributed by atoms with van der Waals surface area (Å²) >= 11 is 0. The largest absolute Gasteiger partial charge is 0.416 e. The number of urea groups is 1. The molecule has 4 rings (SSSR count). The summed E-state index contributed by atoms with van der Waals surface area (Å²) in [6.07, 6.45) is -3.23. The summed E-state index contributed by atoms with van der Waals surface area (Å²) in [6.45, 7) is 2.62. The van der Waals surface area contributed by atoms with Gasteiger partial charge in [-0.2, -0.15) is 13.2 Å². The van der Waals surface area contributed by atoms with Gasteiger partial charge in [-0.25, -0.2) is 4.79 Å². The number of nitrogens with two attached hydrogens (primary N) is 1. The van der Waals surface area contributed by atoms with E-state index in [9.17, 15) is 27.6 Å². The summed E-state index contributed by atoms with van der Waals surface area (Å²) in [6, 6.07) is 11.6. The fourth-order valence-electron chi connectivity index (χ4n) is 3.97. The van der Waals surface area contributed by atoms with Crippen molar-refractivity contribution in [3.8, 4) is 5.69 Å². The number of hydrogen-bond donors (Lipinski definition) is 2. The standard InChI is InChI=1S/C25H24F3N5O3/c1-15(17-10-18(25(26,27)28)12-19(29)11-17)30-23(35)16-6-7-22(34)33(14-16)21-5-3-4-20(13-21)32-9-8-31(2)24(32)36/h3-7,10-15H,8-9,29H2,1-2H3,(H,30,35)/t15-/m1/s1. The van der Waals surface area contributed by atoms with Crippen LogP contribution in [0.3, 0.4) is 0 Å². The molecule has 0 bridgehead atoms. The van der Waals surface area contributed by atoms with Gasteiger partial charge in [0, 0.05) is 43.8 Å². The van der Waals surface area contributed by atoms with Crippen LogP contribution in [0.2, 0.25) is 0 Å². The van der Waals surface area contributed by atoms with E-state index in [1.165, 1.54) is 35.9 Å². The number of halogens is 3. The zero-order chi connectivity index (χ0) is 26.2. The molecular formula is C25H24F3N5O3. The number of likely N-dealkylation sites (N-methyl/N-ethyl adjacent to an activating group) is 1. The monoisotopic (exact) mass is 499 g/mol. The maximum Gasteiger partial charge on any atom is 0.416 e. The third-order valence-corrected chi connectivity index (χ3v) is 5.96. The lowest BCUT2D eigenvalue weighted by Crippen LogP contribution is -2.30. The van der Waals surface area contributed by atoms with Crippen molar-refractivity contribution in [2.75, 3.05) is 30.8 Å². The van der Waals surface area contributed by atoms with Crippen molar-refractivity contribution in [1.29, 1.82) is 0 Å². The lowest BCUT2D eigenvalue weighted by Gasteiger charge is -2.18. The molecule has 0 radical (unpaired) electrons. The third-order valence-electron chi connectivity index (χ3n) is 5.96. The van der Waals surface area contributed by atoms with Crippen LogP contribution in [-0.4, -0.2) is 41.5 Å². The van der Waals surface area contributed by atoms with Crippen LogP contribution in [-0.2, 0) is 6.18 Å². The number of aromatic nitrogens is 1. The zero-order valence-corrected chi connectivity index (χ0v) is 19.5. The highest BCUT2D eigenvalue weighted by Crippen LogP contribution is 2.32. The van der Waals surface area contributed by atoms with Crippen molar-refractivity contribution >= 4 is 23.3 Å². The average Bonchev–Trinajstić information content (AvgIpc) is 3.16. The number of nitrogens with zero attached hydrogens (tertiary/aromatic N) is 3. The van der Waals surface area contributed by atoms with E-state index >= 15 is 0 Å². The number of pyridine rings is 1. The molecule has 188 valence electrons. The van der Waals surface area contributed by atoms with E-state index in [1.807, 2.05) is 0 Å². The van der Waals surface area contributed by atoms with Gasteiger partial charge in [-0.3, -0.25) is 19.1 Å². The number of benzene rings is 2. The molecule has 1 saturated heterocycles. The van der Waals surface area contributed by atoms with Crippen molar-refractivity contribution in [2.45, 2.75) is 19.1 Å². The van der Waals surface area contributed by atoms with Crippen molar-refractivity contribution < 1.29 is 22.8 Å². The Morgan fingerprint density at radius 1 is 1.03 bits per heavy atom. The van der Waals surface area contributed by atoms with Crippen LogP contribution in [0, 0.1) is 0 Å². The van der Waals surface area contributed by atoms with E-state index in [0.29, 0.717) is 24.5 Å². The normalized spacial score (nSPS) is 14.8. The molecule has 2 aromatic carbocycles. The second-order valence-corrected chi connectivity index (χ2v) is 8.58. The summed E-state index contributed by atoms with van der Waals surface area (Å²) in [4.78, 5) is 41.0. The molecule has 1 fully saturated rings. The number of rotatable bonds is 5. The number of nitrogen functional groups attached to an aromatic ring is 1. The van der Waals surface area contributed by atoms with Crippen molar-refractivity contribution in [3.05, 3.63) is 87.8 Å². The molecule has 0 aliphatic carbocycles. The summed E-state index contributed by atoms with van der Waals surface area (Å²) in [7, 11) is 1.70. The van der Waals surface area contributed by atoms with E-state index in [4.69, 9.17) is 5.73 Å². The van der Waals surface area contributed by atoms with E-state index in [0.717, 1.165) is 12.1 Å². The van der Waals surface area contributed by atoms with Gasteiger partial charge in [-0.05, 0) is 55.0 Å². The number of amides is 3. The smallest absolute Gasteiger partial charge is 0.399 e. The lowest BCUT2D eigenvalue weighted by molar-refractivity contribution is -0.137. The second-order valence-electron chi connectivity index (χ2n) is 8.58. The van der Waals surface area contributed by atoms with Crippen LogP contribution in [0.4, 0.5) is 29.3 Å². The molecule has 0 saturated carbocycles. The first-order valence-corrected chi connectivity index (χ1v) is 11.1. The van der Waals surface area contributed by atoms with Crippen LogP contribution >= 0.6 is 0 Å². The van der Waals surface area contributed by atoms with Gasteiger partial charge in [0.05, 0.1) is 22.9 Å². The van der Waals surface area contributed by atoms with E-state index in [1.54, 1.807) is 41.1 Å². The van der Waals surface area contributed by atoms with Gasteiger partial charge in [-0.15, -0.1) is 0 Å². The Bertz CT molecular complexity index is 1390. The second kappa shape index (κ2) is 9.40. The van der Waals surface area contributed by atoms with Crippen LogP contribution < -0.4 is 21.5 Å². The number of alkyl halides is 3. The molecular weight excluding hydrogens is 475 g/mol. The number of carbonyl (C=O) groups excluding carboxylic acids is 2. The van der Waals surface area contributed by atoms with Gasteiger partial charge in [0.2, 0.25) is 0 Å². The SMILES string of the molecule is C[C@@H](NC(=O)c1ccc(=O)n(-c2cccc(N3CCN(C)C3=O)c2)c1)c1cc(N)cc(C(F)(F)F)c1. The Morgan fingerprint density at radius 2 is 1.75 bits per heavy atom. The molecule has 36 heavy (non-hydrogen) atoms. The van der Waals surface area contributed by atoms with E-state index in [2.05, 4.69) is 5.32 Å². The van der Waals surface area contributed by atoms with Gasteiger partial charge in [0.1, 0.15) is 0 Å². The summed E-state index contributed by atoms with van der Waals surface area (Å²) < 4.78 is 40.7. The molecule has 8 nitrogen and oxygen atoms in total. The number of nitrogens with one attached hydrogen (secondary N) is 1. The van der Waals surface area contributed by atoms with Crippen LogP contribution in [0.25, 0.3) is 5.69 Å². The molecule has 1 atom stereocenters. The topological polar surface area (TPSA) is 101 Å². The van der Waals surface area contributed by atoms with E-state index in [-0.39, 0.29) is 22.8 Å². The average molecular weight is 499 g/mol. The van der Waals surface area contributed by atoms with Crippen LogP contribution in [0.15, 0.2) is 65.6 Å².